The van der Waals surface area contributed by atoms with Crippen LogP contribution in [0.1, 0.15) is 9.75 Å². The number of thiophene rings is 1. The Morgan fingerprint density at radius 3 is 2.62 bits per heavy atom. The predicted molar refractivity (Wildman–Crippen MR) is 55.4 cm³/mol. The highest BCUT2D eigenvalue weighted by molar-refractivity contribution is 9.10. The topological polar surface area (TPSA) is 34.1 Å². The van der Waals surface area contributed by atoms with Gasteiger partial charge in [-0.25, -0.2) is 0 Å². The zero-order valence-corrected chi connectivity index (χ0v) is 10.1. The van der Waals surface area contributed by atoms with Gasteiger partial charge in [-0.3, -0.25) is 0 Å². The third-order valence-electron chi connectivity index (χ3n) is 1.50. The fourth-order valence-electron chi connectivity index (χ4n) is 0.864. The van der Waals surface area contributed by atoms with Gasteiger partial charge in [0, 0.05) is 14.2 Å². The number of halogens is 2. The highest BCUT2D eigenvalue weighted by atomic mass is 79.9. The third kappa shape index (κ3) is 3.74. The maximum absolute atomic E-state index is 12.1. The summed E-state index contributed by atoms with van der Waals surface area (Å²) >= 11 is 4.78. The van der Waals surface area contributed by atoms with Gasteiger partial charge >= 0.3 is 10.2 Å². The Morgan fingerprint density at radius 1 is 1.62 bits per heavy atom. The van der Waals surface area contributed by atoms with E-state index in [-0.39, 0.29) is 6.42 Å². The second-order valence-electron chi connectivity index (χ2n) is 2.61. The van der Waals surface area contributed by atoms with Gasteiger partial charge in [0.25, 0.3) is 0 Å². The van der Waals surface area contributed by atoms with Crippen LogP contribution in [0.5, 0.6) is 0 Å². The Morgan fingerprint density at radius 2 is 2.23 bits per heavy atom. The molecule has 0 fully saturated rings. The molecule has 0 bridgehead atoms. The van der Waals surface area contributed by atoms with Crippen LogP contribution in [0.15, 0.2) is 10.5 Å². The third-order valence-corrected chi connectivity index (χ3v) is 4.39. The van der Waals surface area contributed by atoms with Crippen LogP contribution in [0.2, 0.25) is 0 Å². The van der Waals surface area contributed by atoms with Crippen molar-refractivity contribution in [1.29, 1.82) is 0 Å². The minimum atomic E-state index is -4.33. The molecular weight excluding hydrogens is 279 g/mol. The molecule has 0 aromatic carbocycles. The van der Waals surface area contributed by atoms with E-state index in [1.54, 1.807) is 0 Å². The lowest BCUT2D eigenvalue weighted by molar-refractivity contribution is 0.551. The summed E-state index contributed by atoms with van der Waals surface area (Å²) in [5.74, 6) is -0.431. The normalized spacial score (nSPS) is 11.9. The minimum Gasteiger partial charge on any atom is -0.195 e. The zero-order valence-electron chi connectivity index (χ0n) is 6.88. The molecule has 2 nitrogen and oxygen atoms in total. The van der Waals surface area contributed by atoms with E-state index in [1.807, 2.05) is 13.0 Å². The zero-order chi connectivity index (χ0) is 10.1. The first-order valence-electron chi connectivity index (χ1n) is 3.55. The number of aryl methyl sites for hydroxylation is 2. The van der Waals surface area contributed by atoms with Crippen LogP contribution in [-0.4, -0.2) is 14.2 Å². The van der Waals surface area contributed by atoms with Crippen molar-refractivity contribution in [2.75, 3.05) is 5.75 Å². The highest BCUT2D eigenvalue weighted by Gasteiger charge is 2.09. The van der Waals surface area contributed by atoms with Crippen LogP contribution in [0.3, 0.4) is 0 Å². The summed E-state index contributed by atoms with van der Waals surface area (Å²) in [6.07, 6.45) is 0.246. The first-order chi connectivity index (χ1) is 5.88. The van der Waals surface area contributed by atoms with Crippen molar-refractivity contribution >= 4 is 37.5 Å². The summed E-state index contributed by atoms with van der Waals surface area (Å²) in [4.78, 5) is 1.96. The first kappa shape index (κ1) is 11.1. The van der Waals surface area contributed by atoms with E-state index in [9.17, 15) is 12.3 Å². The number of hydrogen-bond acceptors (Lipinski definition) is 3. The average molecular weight is 287 g/mol. The summed E-state index contributed by atoms with van der Waals surface area (Å²) < 4.78 is 33.5. The molecule has 0 saturated heterocycles. The van der Waals surface area contributed by atoms with Gasteiger partial charge < -0.3 is 0 Å². The molecule has 1 heterocycles. The van der Waals surface area contributed by atoms with Crippen molar-refractivity contribution < 1.29 is 12.3 Å². The van der Waals surface area contributed by atoms with Crippen molar-refractivity contribution in [2.24, 2.45) is 0 Å². The molecule has 1 aromatic heterocycles. The highest BCUT2D eigenvalue weighted by Crippen LogP contribution is 2.26. The van der Waals surface area contributed by atoms with Crippen LogP contribution in [0, 0.1) is 6.92 Å². The Balaban J connectivity index is 2.66. The maximum atomic E-state index is 12.1. The van der Waals surface area contributed by atoms with Crippen LogP contribution in [0.25, 0.3) is 0 Å². The summed E-state index contributed by atoms with van der Waals surface area (Å²) in [5, 5.41) is 0. The minimum absolute atomic E-state index is 0.246. The predicted octanol–water partition coefficient (Wildman–Crippen LogP) is 2.66. The number of hydrogen-bond donors (Lipinski definition) is 0. The molecule has 1 rings (SSSR count). The lowest BCUT2D eigenvalue weighted by Gasteiger charge is -1.91. The van der Waals surface area contributed by atoms with Gasteiger partial charge in [-0.15, -0.1) is 15.2 Å². The first-order valence-corrected chi connectivity index (χ1v) is 6.72. The molecule has 1 aromatic rings. The molecule has 0 aliphatic heterocycles. The van der Waals surface area contributed by atoms with Crippen LogP contribution >= 0.6 is 27.3 Å². The van der Waals surface area contributed by atoms with Gasteiger partial charge in [-0.05, 0) is 35.3 Å². The van der Waals surface area contributed by atoms with Crippen LogP contribution in [-0.2, 0) is 16.6 Å². The van der Waals surface area contributed by atoms with E-state index in [0.717, 1.165) is 14.2 Å². The molecule has 0 atom stereocenters. The molecule has 0 aliphatic carbocycles. The molecule has 0 aliphatic rings. The molecule has 0 saturated carbocycles. The fourth-order valence-corrected chi connectivity index (χ4v) is 3.06. The van der Waals surface area contributed by atoms with E-state index in [0.29, 0.717) is 0 Å². The van der Waals surface area contributed by atoms with Crippen LogP contribution in [0.4, 0.5) is 3.89 Å². The molecule has 0 amide bonds. The Labute approximate surface area is 89.1 Å². The van der Waals surface area contributed by atoms with Gasteiger partial charge in [0.05, 0.1) is 5.75 Å². The van der Waals surface area contributed by atoms with Crippen molar-refractivity contribution in [2.45, 2.75) is 13.3 Å². The SMILES string of the molecule is Cc1sc(CCS(=O)(=O)F)cc1Br. The average Bonchev–Trinajstić information content (AvgIpc) is 2.27. The van der Waals surface area contributed by atoms with Gasteiger partial charge in [-0.1, -0.05) is 0 Å². The van der Waals surface area contributed by atoms with Crippen molar-refractivity contribution in [3.63, 3.8) is 0 Å². The van der Waals surface area contributed by atoms with E-state index >= 15 is 0 Å². The monoisotopic (exact) mass is 286 g/mol. The van der Waals surface area contributed by atoms with E-state index in [2.05, 4.69) is 15.9 Å². The summed E-state index contributed by atoms with van der Waals surface area (Å²) in [6, 6.07) is 1.82. The largest absolute Gasteiger partial charge is 0.302 e. The summed E-state index contributed by atoms with van der Waals surface area (Å²) in [7, 11) is -4.33. The molecule has 6 heteroatoms. The van der Waals surface area contributed by atoms with Crippen molar-refractivity contribution in [3.8, 4) is 0 Å². The van der Waals surface area contributed by atoms with Gasteiger partial charge in [-0.2, -0.15) is 8.42 Å². The molecule has 0 radical (unpaired) electrons. The van der Waals surface area contributed by atoms with Gasteiger partial charge in [0.15, 0.2) is 0 Å². The molecule has 0 N–H and O–H groups in total. The van der Waals surface area contributed by atoms with Crippen molar-refractivity contribution in [1.82, 2.24) is 0 Å². The summed E-state index contributed by atoms with van der Waals surface area (Å²) in [5.41, 5.74) is 0. The molecule has 13 heavy (non-hydrogen) atoms. The second kappa shape index (κ2) is 4.06. The smallest absolute Gasteiger partial charge is 0.195 e. The second-order valence-corrected chi connectivity index (χ2v) is 6.29. The lowest BCUT2D eigenvalue weighted by Crippen LogP contribution is -2.00. The standard InChI is InChI=1S/C7H8BrFO2S2/c1-5-7(8)4-6(12-5)2-3-13(9,10)11/h4H,2-3H2,1H3. The maximum Gasteiger partial charge on any atom is 0.302 e. The van der Waals surface area contributed by atoms with E-state index in [4.69, 9.17) is 0 Å². The Kier molecular flexibility index (Phi) is 3.48. The van der Waals surface area contributed by atoms with Gasteiger partial charge in [0.2, 0.25) is 0 Å². The van der Waals surface area contributed by atoms with E-state index in [1.165, 1.54) is 11.3 Å². The van der Waals surface area contributed by atoms with Crippen LogP contribution < -0.4 is 0 Å². The molecule has 74 valence electrons. The quantitative estimate of drug-likeness (QED) is 0.801. The number of rotatable bonds is 3. The fraction of sp³-hybridized carbons (Fsp3) is 0.429. The van der Waals surface area contributed by atoms with E-state index < -0.39 is 16.0 Å². The lowest BCUT2D eigenvalue weighted by atomic mass is 10.4. The Hall–Kier alpha value is 0.0600. The molecular formula is C7H8BrFO2S2. The van der Waals surface area contributed by atoms with Crippen molar-refractivity contribution in [3.05, 3.63) is 20.3 Å². The molecule has 0 unspecified atom stereocenters. The molecule has 0 spiro atoms. The Bertz CT molecular complexity index is 377. The summed E-state index contributed by atoms with van der Waals surface area (Å²) in [6.45, 7) is 1.92. The van der Waals surface area contributed by atoms with Gasteiger partial charge in [0.1, 0.15) is 0 Å².